The van der Waals surface area contributed by atoms with E-state index in [0.29, 0.717) is 16.8 Å². The van der Waals surface area contributed by atoms with Gasteiger partial charge in [-0.25, -0.2) is 17.2 Å². The predicted molar refractivity (Wildman–Crippen MR) is 128 cm³/mol. The number of hydrogen-bond donors (Lipinski definition) is 3. The lowest BCUT2D eigenvalue weighted by Gasteiger charge is -2.36. The molecule has 3 aromatic rings. The van der Waals surface area contributed by atoms with Crippen LogP contribution in [0.4, 0.5) is 8.78 Å². The Balaban J connectivity index is 1.67. The van der Waals surface area contributed by atoms with Gasteiger partial charge in [0.1, 0.15) is 17.5 Å². The summed E-state index contributed by atoms with van der Waals surface area (Å²) < 4.78 is 55.7. The molecule has 0 amide bonds. The molecule has 1 saturated heterocycles. The third kappa shape index (κ3) is 4.33. The summed E-state index contributed by atoms with van der Waals surface area (Å²) in [6.45, 7) is -0.450. The van der Waals surface area contributed by atoms with E-state index in [0.717, 1.165) is 15.3 Å². The van der Waals surface area contributed by atoms with E-state index in [-0.39, 0.29) is 23.6 Å². The van der Waals surface area contributed by atoms with E-state index in [2.05, 4.69) is 4.98 Å². The van der Waals surface area contributed by atoms with E-state index < -0.39 is 40.3 Å². The molecule has 7 nitrogen and oxygen atoms in total. The standard InChI is InChI=1S/C23H25F2N3O4S2/c1-33-9-8-23(26,22(29)30)21-11-16(25)13-28(21)34(31,32)17-5-2-14(3-6-17)19-12-27-20-10-15(24)4-7-18(19)20/h2-7,10,12,16,21,27H,8-9,11,13,26H2,1H3,(H,29,30)/t16-,21-,23?/m0/s1. The molecular weight excluding hydrogens is 484 g/mol. The number of hydrogen-bond acceptors (Lipinski definition) is 5. The molecule has 0 bridgehead atoms. The van der Waals surface area contributed by atoms with Gasteiger partial charge in [0.15, 0.2) is 0 Å². The third-order valence-corrected chi connectivity index (χ3v) is 8.83. The summed E-state index contributed by atoms with van der Waals surface area (Å²) in [7, 11) is -4.21. The number of carboxylic acid groups (broad SMARTS) is 1. The Labute approximate surface area is 200 Å². The molecule has 0 aliphatic carbocycles. The normalized spacial score (nSPS) is 21.1. The number of sulfonamides is 1. The van der Waals surface area contributed by atoms with Gasteiger partial charge in [-0.1, -0.05) is 12.1 Å². The Morgan fingerprint density at radius 3 is 2.65 bits per heavy atom. The van der Waals surface area contributed by atoms with Crippen LogP contribution in [0.25, 0.3) is 22.0 Å². The molecule has 0 spiro atoms. The summed E-state index contributed by atoms with van der Waals surface area (Å²) in [5.74, 6) is -1.33. The van der Waals surface area contributed by atoms with Crippen LogP contribution in [0.15, 0.2) is 53.6 Å². The van der Waals surface area contributed by atoms with Crippen molar-refractivity contribution in [3.8, 4) is 11.1 Å². The van der Waals surface area contributed by atoms with Crippen molar-refractivity contribution in [3.63, 3.8) is 0 Å². The number of aromatic nitrogens is 1. The molecule has 1 unspecified atom stereocenters. The second kappa shape index (κ2) is 9.29. The van der Waals surface area contributed by atoms with Crippen molar-refractivity contribution in [1.29, 1.82) is 0 Å². The zero-order valence-electron chi connectivity index (χ0n) is 18.4. The predicted octanol–water partition coefficient (Wildman–Crippen LogP) is 3.61. The van der Waals surface area contributed by atoms with E-state index in [1.165, 1.54) is 36.0 Å². The van der Waals surface area contributed by atoms with Gasteiger partial charge in [-0.3, -0.25) is 4.79 Å². The first-order valence-corrected chi connectivity index (χ1v) is 13.5. The van der Waals surface area contributed by atoms with Gasteiger partial charge in [-0.05, 0) is 60.7 Å². The Bertz CT molecular complexity index is 1310. The topological polar surface area (TPSA) is 116 Å². The summed E-state index contributed by atoms with van der Waals surface area (Å²) >= 11 is 1.38. The Kier molecular flexibility index (Phi) is 6.74. The molecule has 2 aromatic carbocycles. The van der Waals surface area contributed by atoms with Crippen molar-refractivity contribution in [2.45, 2.75) is 35.5 Å². The van der Waals surface area contributed by atoms with Crippen molar-refractivity contribution in [1.82, 2.24) is 9.29 Å². The third-order valence-electron chi connectivity index (χ3n) is 6.33. The van der Waals surface area contributed by atoms with Crippen molar-refractivity contribution in [2.75, 3.05) is 18.6 Å². The first kappa shape index (κ1) is 24.6. The van der Waals surface area contributed by atoms with Crippen LogP contribution in [0.5, 0.6) is 0 Å². The SMILES string of the molecule is CSCCC(N)(C(=O)O)[C@@H]1C[C@H](F)CN1S(=O)(=O)c1ccc(-c2c[nH]c3cc(F)ccc23)cc1. The van der Waals surface area contributed by atoms with E-state index in [1.807, 2.05) is 0 Å². The number of halogens is 2. The number of fused-ring (bicyclic) bond motifs is 1. The van der Waals surface area contributed by atoms with Gasteiger partial charge in [0.2, 0.25) is 10.0 Å². The van der Waals surface area contributed by atoms with E-state index in [4.69, 9.17) is 5.73 Å². The second-order valence-corrected chi connectivity index (χ2v) is 11.3. The maximum atomic E-state index is 14.4. The van der Waals surface area contributed by atoms with E-state index >= 15 is 0 Å². The minimum absolute atomic E-state index is 0.00695. The van der Waals surface area contributed by atoms with Crippen molar-refractivity contribution < 1.29 is 27.1 Å². The largest absolute Gasteiger partial charge is 0.480 e. The molecule has 1 aliphatic rings. The molecule has 1 aromatic heterocycles. The molecule has 4 N–H and O–H groups in total. The Hall–Kier alpha value is -2.47. The number of aromatic amines is 1. The fourth-order valence-corrected chi connectivity index (χ4v) is 6.72. The maximum Gasteiger partial charge on any atom is 0.325 e. The molecule has 2 heterocycles. The average Bonchev–Trinajstić information content (AvgIpc) is 3.41. The molecule has 34 heavy (non-hydrogen) atoms. The van der Waals surface area contributed by atoms with Crippen LogP contribution in [-0.2, 0) is 14.8 Å². The van der Waals surface area contributed by atoms with Gasteiger partial charge >= 0.3 is 5.97 Å². The number of carboxylic acids is 1. The monoisotopic (exact) mass is 509 g/mol. The highest BCUT2D eigenvalue weighted by atomic mass is 32.2. The lowest BCUT2D eigenvalue weighted by molar-refractivity contribution is -0.145. The van der Waals surface area contributed by atoms with Gasteiger partial charge in [0.25, 0.3) is 0 Å². The Morgan fingerprint density at radius 1 is 1.29 bits per heavy atom. The number of thioether (sulfide) groups is 1. The minimum atomic E-state index is -4.21. The zero-order valence-corrected chi connectivity index (χ0v) is 20.0. The highest BCUT2D eigenvalue weighted by molar-refractivity contribution is 7.98. The number of aliphatic carboxylic acids is 1. The van der Waals surface area contributed by atoms with E-state index in [9.17, 15) is 27.1 Å². The Morgan fingerprint density at radius 2 is 2.00 bits per heavy atom. The first-order chi connectivity index (χ1) is 16.1. The van der Waals surface area contributed by atoms with Gasteiger partial charge in [0.05, 0.1) is 10.9 Å². The van der Waals surface area contributed by atoms with Crippen LogP contribution in [0, 0.1) is 5.82 Å². The van der Waals surface area contributed by atoms with Crippen molar-refractivity contribution in [3.05, 3.63) is 54.5 Å². The van der Waals surface area contributed by atoms with Crippen LogP contribution in [-0.4, -0.2) is 65.1 Å². The zero-order chi connectivity index (χ0) is 24.7. The van der Waals surface area contributed by atoms with Gasteiger partial charge in [-0.15, -0.1) is 0 Å². The van der Waals surface area contributed by atoms with Gasteiger partial charge in [-0.2, -0.15) is 16.1 Å². The van der Waals surface area contributed by atoms with Crippen LogP contribution in [0.2, 0.25) is 0 Å². The molecule has 4 rings (SSSR count). The quantitative estimate of drug-likeness (QED) is 0.427. The maximum absolute atomic E-state index is 14.4. The lowest BCUT2D eigenvalue weighted by Crippen LogP contribution is -2.62. The number of carbonyl (C=O) groups is 1. The fraction of sp³-hybridized carbons (Fsp3) is 0.348. The molecule has 1 aliphatic heterocycles. The van der Waals surface area contributed by atoms with Crippen LogP contribution >= 0.6 is 11.8 Å². The summed E-state index contributed by atoms with van der Waals surface area (Å²) in [6.07, 6.45) is 1.71. The summed E-state index contributed by atoms with van der Waals surface area (Å²) in [6, 6.07) is 9.16. The van der Waals surface area contributed by atoms with Crippen LogP contribution in [0.1, 0.15) is 12.8 Å². The molecule has 3 atom stereocenters. The molecule has 11 heteroatoms. The van der Waals surface area contributed by atoms with Gasteiger partial charge < -0.3 is 15.8 Å². The van der Waals surface area contributed by atoms with E-state index in [1.54, 1.807) is 30.7 Å². The number of alkyl halides is 1. The highest BCUT2D eigenvalue weighted by Crippen LogP contribution is 2.36. The number of H-pyrrole nitrogens is 1. The van der Waals surface area contributed by atoms with Gasteiger partial charge in [0, 0.05) is 29.2 Å². The van der Waals surface area contributed by atoms with Crippen LogP contribution < -0.4 is 5.73 Å². The molecule has 0 saturated carbocycles. The number of nitrogens with two attached hydrogens (primary N) is 1. The second-order valence-electron chi connectivity index (χ2n) is 8.43. The first-order valence-electron chi connectivity index (χ1n) is 10.6. The number of rotatable bonds is 8. The summed E-state index contributed by atoms with van der Waals surface area (Å²) in [5, 5.41) is 10.6. The highest BCUT2D eigenvalue weighted by Gasteiger charge is 2.53. The molecular formula is C23H25F2N3O4S2. The molecule has 182 valence electrons. The summed E-state index contributed by atoms with van der Waals surface area (Å²) in [4.78, 5) is 14.9. The number of nitrogens with zero attached hydrogens (tertiary/aromatic N) is 1. The molecule has 1 fully saturated rings. The van der Waals surface area contributed by atoms with Crippen molar-refractivity contribution in [2.24, 2.45) is 5.73 Å². The number of benzene rings is 2. The minimum Gasteiger partial charge on any atom is -0.480 e. The smallest absolute Gasteiger partial charge is 0.325 e. The molecule has 0 radical (unpaired) electrons. The number of nitrogens with one attached hydrogen (secondary N) is 1. The average molecular weight is 510 g/mol. The fourth-order valence-electron chi connectivity index (χ4n) is 4.46. The van der Waals surface area contributed by atoms with Crippen LogP contribution in [0.3, 0.4) is 0 Å². The van der Waals surface area contributed by atoms with Crippen molar-refractivity contribution >= 4 is 38.7 Å². The lowest BCUT2D eigenvalue weighted by atomic mass is 9.87. The summed E-state index contributed by atoms with van der Waals surface area (Å²) in [5.41, 5.74) is 6.37.